The van der Waals surface area contributed by atoms with Crippen molar-refractivity contribution >= 4 is 24.0 Å². The molecule has 2 fully saturated rings. The predicted octanol–water partition coefficient (Wildman–Crippen LogP) is 0.486. The number of ether oxygens (including phenoxy) is 3. The molecule has 6 heteroatoms. The largest absolute Gasteiger partial charge is 0.458 e. The summed E-state index contributed by atoms with van der Waals surface area (Å²) in [6.07, 6.45) is -0.569. The Kier molecular flexibility index (Phi) is 3.35. The summed E-state index contributed by atoms with van der Waals surface area (Å²) in [6, 6.07) is 0. The summed E-state index contributed by atoms with van der Waals surface area (Å²) in [4.78, 5) is 21.5. The van der Waals surface area contributed by atoms with E-state index in [0.717, 1.165) is 6.42 Å². The first kappa shape index (κ1) is 11.7. The molecule has 5 nitrogen and oxygen atoms in total. The predicted molar refractivity (Wildman–Crippen MR) is 54.0 cm³/mol. The average molecular weight is 249 g/mol. The lowest BCUT2D eigenvalue weighted by Gasteiger charge is -2.28. The lowest BCUT2D eigenvalue weighted by Crippen LogP contribution is -2.45. The van der Waals surface area contributed by atoms with E-state index in [-0.39, 0.29) is 18.1 Å². The number of halogens is 1. The van der Waals surface area contributed by atoms with Crippen molar-refractivity contribution in [1.82, 2.24) is 0 Å². The monoisotopic (exact) mass is 248 g/mol. The van der Waals surface area contributed by atoms with Gasteiger partial charge in [-0.3, -0.25) is 9.59 Å². The van der Waals surface area contributed by atoms with E-state index >= 15 is 0 Å². The molecule has 2 bridgehead atoms. The molecule has 2 aliphatic rings. The second-order valence-electron chi connectivity index (χ2n) is 4.14. The molecule has 2 heterocycles. The number of fused-ring (bicyclic) bond motifs is 2. The molecule has 0 aliphatic carbocycles. The van der Waals surface area contributed by atoms with Crippen molar-refractivity contribution < 1.29 is 23.8 Å². The van der Waals surface area contributed by atoms with Crippen LogP contribution in [0.3, 0.4) is 0 Å². The van der Waals surface area contributed by atoms with Gasteiger partial charge in [0.1, 0.15) is 12.0 Å². The van der Waals surface area contributed by atoms with Crippen LogP contribution in [0.25, 0.3) is 0 Å². The van der Waals surface area contributed by atoms with E-state index in [1.165, 1.54) is 0 Å². The Labute approximate surface area is 98.0 Å². The number of carbonyl (C=O) groups excluding carboxylic acids is 2. The molecule has 2 aliphatic heterocycles. The normalized spacial score (nSPS) is 40.8. The smallest absolute Gasteiger partial charge is 0.321 e. The van der Waals surface area contributed by atoms with E-state index in [1.54, 1.807) is 0 Å². The van der Waals surface area contributed by atoms with Gasteiger partial charge in [-0.15, -0.1) is 11.6 Å². The van der Waals surface area contributed by atoms with Gasteiger partial charge in [0.05, 0.1) is 6.10 Å². The summed E-state index contributed by atoms with van der Waals surface area (Å²) in [5.41, 5.74) is 0. The Hall–Kier alpha value is -0.810. The van der Waals surface area contributed by atoms with Crippen molar-refractivity contribution in [2.45, 2.75) is 37.8 Å². The van der Waals surface area contributed by atoms with Gasteiger partial charge in [-0.25, -0.2) is 0 Å². The van der Waals surface area contributed by atoms with Gasteiger partial charge in [0, 0.05) is 0 Å². The van der Waals surface area contributed by atoms with Crippen molar-refractivity contribution in [3.63, 3.8) is 0 Å². The quantitative estimate of drug-likeness (QED) is 0.412. The molecule has 2 rings (SSSR count). The highest BCUT2D eigenvalue weighted by atomic mass is 35.5. The molecule has 5 atom stereocenters. The minimum Gasteiger partial charge on any atom is -0.458 e. The van der Waals surface area contributed by atoms with Gasteiger partial charge in [-0.1, -0.05) is 6.92 Å². The molecule has 0 aromatic rings. The van der Waals surface area contributed by atoms with E-state index in [9.17, 15) is 9.59 Å². The zero-order valence-electron chi connectivity index (χ0n) is 8.80. The minimum atomic E-state index is -0.519. The summed E-state index contributed by atoms with van der Waals surface area (Å²) < 4.78 is 15.7. The number of hydrogen-bond donors (Lipinski definition) is 0. The maximum Gasteiger partial charge on any atom is 0.321 e. The summed E-state index contributed by atoms with van der Waals surface area (Å²) in [5, 5.41) is 0. The second kappa shape index (κ2) is 4.59. The van der Waals surface area contributed by atoms with Crippen LogP contribution in [-0.2, 0) is 23.8 Å². The summed E-state index contributed by atoms with van der Waals surface area (Å²) in [6.45, 7) is 2.38. The van der Waals surface area contributed by atoms with Crippen LogP contribution in [0.4, 0.5) is 0 Å². The maximum atomic E-state index is 11.1. The molecule has 0 aromatic carbocycles. The number of hydrogen-bond acceptors (Lipinski definition) is 5. The fourth-order valence-corrected chi connectivity index (χ4v) is 2.51. The van der Waals surface area contributed by atoms with Gasteiger partial charge in [0.15, 0.2) is 12.2 Å². The van der Waals surface area contributed by atoms with Crippen LogP contribution in [0.2, 0.25) is 0 Å². The highest BCUT2D eigenvalue weighted by molar-refractivity contribution is 6.26. The van der Waals surface area contributed by atoms with Crippen molar-refractivity contribution in [2.75, 3.05) is 5.88 Å². The summed E-state index contributed by atoms with van der Waals surface area (Å²) in [5.74, 6) is -0.423. The summed E-state index contributed by atoms with van der Waals surface area (Å²) in [7, 11) is 0. The lowest BCUT2D eigenvalue weighted by molar-refractivity contribution is -0.160. The summed E-state index contributed by atoms with van der Waals surface area (Å²) >= 11 is 5.36. The van der Waals surface area contributed by atoms with Crippen LogP contribution in [-0.4, -0.2) is 42.7 Å². The molecule has 0 N–H and O–H groups in total. The Morgan fingerprint density at radius 2 is 2.31 bits per heavy atom. The number of alkyl halides is 1. The second-order valence-corrected chi connectivity index (χ2v) is 4.40. The van der Waals surface area contributed by atoms with Crippen LogP contribution in [0.1, 0.15) is 13.3 Å². The SMILES string of the molecule is CC1CC2OC1C(OC=O)C2OC(=O)CCl. The molecule has 0 amide bonds. The molecular weight excluding hydrogens is 236 g/mol. The molecule has 0 saturated carbocycles. The van der Waals surface area contributed by atoms with Gasteiger partial charge < -0.3 is 14.2 Å². The molecule has 16 heavy (non-hydrogen) atoms. The molecule has 0 radical (unpaired) electrons. The molecule has 0 spiro atoms. The number of esters is 1. The van der Waals surface area contributed by atoms with Gasteiger partial charge in [-0.2, -0.15) is 0 Å². The maximum absolute atomic E-state index is 11.1. The molecule has 90 valence electrons. The zero-order valence-corrected chi connectivity index (χ0v) is 9.55. The third-order valence-electron chi connectivity index (χ3n) is 3.10. The zero-order chi connectivity index (χ0) is 11.7. The van der Waals surface area contributed by atoms with Crippen LogP contribution in [0.5, 0.6) is 0 Å². The highest BCUT2D eigenvalue weighted by Crippen LogP contribution is 2.41. The van der Waals surface area contributed by atoms with Gasteiger partial charge in [0.2, 0.25) is 0 Å². The van der Waals surface area contributed by atoms with Gasteiger partial charge >= 0.3 is 5.97 Å². The third kappa shape index (κ3) is 1.89. The molecule has 2 saturated heterocycles. The van der Waals surface area contributed by atoms with Crippen molar-refractivity contribution in [1.29, 1.82) is 0 Å². The first-order chi connectivity index (χ1) is 7.67. The van der Waals surface area contributed by atoms with E-state index in [1.807, 2.05) is 6.92 Å². The van der Waals surface area contributed by atoms with Gasteiger partial charge in [0.25, 0.3) is 6.47 Å². The Bertz CT molecular complexity index is 295. The van der Waals surface area contributed by atoms with E-state index in [0.29, 0.717) is 12.4 Å². The average Bonchev–Trinajstić information content (AvgIpc) is 2.77. The third-order valence-corrected chi connectivity index (χ3v) is 3.32. The van der Waals surface area contributed by atoms with Crippen LogP contribution in [0.15, 0.2) is 0 Å². The van der Waals surface area contributed by atoms with E-state index < -0.39 is 18.2 Å². The standard InChI is InChI=1S/C10H13ClO5/c1-5-2-6-9(16-7(13)3-11)10(14-4-12)8(5)15-6/h4-6,8-10H,2-3H2,1H3. The van der Waals surface area contributed by atoms with Crippen LogP contribution in [0, 0.1) is 5.92 Å². The Morgan fingerprint density at radius 1 is 1.56 bits per heavy atom. The van der Waals surface area contributed by atoms with Crippen molar-refractivity contribution in [2.24, 2.45) is 5.92 Å². The Morgan fingerprint density at radius 3 is 2.94 bits per heavy atom. The van der Waals surface area contributed by atoms with Crippen LogP contribution < -0.4 is 0 Å². The number of rotatable bonds is 4. The molecule has 0 aromatic heterocycles. The minimum absolute atomic E-state index is 0.177. The first-order valence-corrected chi connectivity index (χ1v) is 5.70. The lowest BCUT2D eigenvalue weighted by atomic mass is 9.86. The number of carbonyl (C=O) groups is 2. The highest BCUT2D eigenvalue weighted by Gasteiger charge is 2.56. The van der Waals surface area contributed by atoms with Crippen molar-refractivity contribution in [3.8, 4) is 0 Å². The first-order valence-electron chi connectivity index (χ1n) is 5.17. The molecule has 5 unspecified atom stereocenters. The molecular formula is C10H13ClO5. The van der Waals surface area contributed by atoms with Gasteiger partial charge in [-0.05, 0) is 12.3 Å². The van der Waals surface area contributed by atoms with E-state index in [2.05, 4.69) is 0 Å². The van der Waals surface area contributed by atoms with Crippen molar-refractivity contribution in [3.05, 3.63) is 0 Å². The Balaban J connectivity index is 2.06. The van der Waals surface area contributed by atoms with E-state index in [4.69, 9.17) is 25.8 Å². The van der Waals surface area contributed by atoms with Crippen LogP contribution >= 0.6 is 11.6 Å². The fraction of sp³-hybridized carbons (Fsp3) is 0.800. The topological polar surface area (TPSA) is 61.8 Å². The fourth-order valence-electron chi connectivity index (χ4n) is 2.45.